The van der Waals surface area contributed by atoms with Crippen LogP contribution in [0.4, 0.5) is 0 Å². The molecule has 2 aliphatic rings. The first-order valence-corrected chi connectivity index (χ1v) is 8.53. The molecule has 3 nitrogen and oxygen atoms in total. The number of carbonyl (C=O) groups excluding carboxylic acids is 1. The molecule has 0 bridgehead atoms. The van der Waals surface area contributed by atoms with Crippen LogP contribution in [0.15, 0.2) is 0 Å². The Bertz CT molecular complexity index is 369. The Morgan fingerprint density at radius 2 is 1.95 bits per heavy atom. The van der Waals surface area contributed by atoms with Crippen molar-refractivity contribution in [3.8, 4) is 0 Å². The topological polar surface area (TPSA) is 35.5 Å². The molecular weight excluding hydrogens is 264 g/mol. The maximum absolute atomic E-state index is 11.6. The van der Waals surface area contributed by atoms with E-state index in [9.17, 15) is 4.79 Å². The van der Waals surface area contributed by atoms with Gasteiger partial charge in [-0.15, -0.1) is 0 Å². The molecule has 2 rings (SSSR count). The molecule has 0 saturated heterocycles. The zero-order chi connectivity index (χ0) is 15.7. The molecule has 0 spiro atoms. The Hall–Kier alpha value is -0.570. The molecule has 3 heteroatoms. The van der Waals surface area contributed by atoms with Gasteiger partial charge in [-0.05, 0) is 64.2 Å². The maximum atomic E-state index is 11.6. The maximum Gasteiger partial charge on any atom is 0.309 e. The van der Waals surface area contributed by atoms with Crippen molar-refractivity contribution < 1.29 is 14.3 Å². The molecule has 0 aromatic carbocycles. The number of hydrogen-bond donors (Lipinski definition) is 0. The zero-order valence-electron chi connectivity index (χ0n) is 14.4. The van der Waals surface area contributed by atoms with Crippen LogP contribution in [-0.2, 0) is 14.3 Å². The van der Waals surface area contributed by atoms with Crippen LogP contribution in [0.25, 0.3) is 0 Å². The summed E-state index contributed by atoms with van der Waals surface area (Å²) in [5.74, 6) is 0.739. The normalized spacial score (nSPS) is 27.2. The minimum absolute atomic E-state index is 0.0434. The van der Waals surface area contributed by atoms with Crippen LogP contribution in [0.1, 0.15) is 73.1 Å². The third-order valence-electron chi connectivity index (χ3n) is 4.88. The molecule has 0 heterocycles. The number of hydrogen-bond acceptors (Lipinski definition) is 3. The van der Waals surface area contributed by atoms with Gasteiger partial charge in [0.05, 0.1) is 17.6 Å². The highest BCUT2D eigenvalue weighted by Gasteiger charge is 2.36. The standard InChI is InChI=1S/C18H32O3/c1-13(15-7-6-10-17(2,3)11-15)21-18(4,5)12-20-16(19)14-8-9-14/h13-15H,6-12H2,1-5H3. The Kier molecular flexibility index (Phi) is 5.02. The molecule has 2 atom stereocenters. The van der Waals surface area contributed by atoms with Crippen LogP contribution >= 0.6 is 0 Å². The van der Waals surface area contributed by atoms with Crippen molar-refractivity contribution in [3.05, 3.63) is 0 Å². The van der Waals surface area contributed by atoms with Crippen molar-refractivity contribution in [2.75, 3.05) is 6.61 Å². The predicted octanol–water partition coefficient (Wildman–Crippen LogP) is 4.34. The first-order valence-electron chi connectivity index (χ1n) is 8.53. The Morgan fingerprint density at radius 3 is 2.52 bits per heavy atom. The minimum atomic E-state index is -0.397. The van der Waals surface area contributed by atoms with Gasteiger partial charge in [-0.1, -0.05) is 20.3 Å². The molecule has 2 unspecified atom stereocenters. The first kappa shape index (κ1) is 16.8. The van der Waals surface area contributed by atoms with E-state index in [4.69, 9.17) is 9.47 Å². The van der Waals surface area contributed by atoms with Crippen molar-refractivity contribution in [2.24, 2.45) is 17.3 Å². The van der Waals surface area contributed by atoms with E-state index in [1.54, 1.807) is 0 Å². The van der Waals surface area contributed by atoms with E-state index >= 15 is 0 Å². The van der Waals surface area contributed by atoms with Crippen molar-refractivity contribution >= 4 is 5.97 Å². The molecule has 0 amide bonds. The highest BCUT2D eigenvalue weighted by molar-refractivity contribution is 5.74. The smallest absolute Gasteiger partial charge is 0.309 e. The van der Waals surface area contributed by atoms with Crippen molar-refractivity contribution in [3.63, 3.8) is 0 Å². The van der Waals surface area contributed by atoms with Gasteiger partial charge >= 0.3 is 5.97 Å². The molecule has 122 valence electrons. The highest BCUT2D eigenvalue weighted by Crippen LogP contribution is 2.41. The van der Waals surface area contributed by atoms with Crippen LogP contribution in [0.5, 0.6) is 0 Å². The third-order valence-corrected chi connectivity index (χ3v) is 4.88. The van der Waals surface area contributed by atoms with Gasteiger partial charge in [0.2, 0.25) is 0 Å². The summed E-state index contributed by atoms with van der Waals surface area (Å²) >= 11 is 0. The van der Waals surface area contributed by atoms with E-state index < -0.39 is 5.60 Å². The van der Waals surface area contributed by atoms with Crippen molar-refractivity contribution in [2.45, 2.75) is 84.8 Å². The molecule has 0 N–H and O–H groups in total. The highest BCUT2D eigenvalue weighted by atomic mass is 16.6. The van der Waals surface area contributed by atoms with Gasteiger partial charge in [-0.3, -0.25) is 4.79 Å². The minimum Gasteiger partial charge on any atom is -0.462 e. The fourth-order valence-corrected chi connectivity index (χ4v) is 3.47. The Balaban J connectivity index is 1.79. The Labute approximate surface area is 129 Å². The van der Waals surface area contributed by atoms with Crippen LogP contribution in [-0.4, -0.2) is 24.3 Å². The van der Waals surface area contributed by atoms with Crippen LogP contribution in [0.2, 0.25) is 0 Å². The lowest BCUT2D eigenvalue weighted by Crippen LogP contribution is -2.40. The predicted molar refractivity (Wildman–Crippen MR) is 84.0 cm³/mol. The van der Waals surface area contributed by atoms with E-state index in [-0.39, 0.29) is 18.0 Å². The number of rotatable bonds is 6. The number of esters is 1. The van der Waals surface area contributed by atoms with Crippen LogP contribution in [0, 0.1) is 17.3 Å². The molecule has 2 aliphatic carbocycles. The monoisotopic (exact) mass is 296 g/mol. The summed E-state index contributed by atoms with van der Waals surface area (Å²) in [6, 6.07) is 0. The van der Waals surface area contributed by atoms with Gasteiger partial charge < -0.3 is 9.47 Å². The average molecular weight is 296 g/mol. The van der Waals surface area contributed by atoms with E-state index in [0.717, 1.165) is 12.8 Å². The van der Waals surface area contributed by atoms with Gasteiger partial charge in [0.15, 0.2) is 0 Å². The second-order valence-corrected chi connectivity index (χ2v) is 8.49. The SMILES string of the molecule is CC(OC(C)(C)COC(=O)C1CC1)C1CCCC(C)(C)C1. The van der Waals surface area contributed by atoms with E-state index in [2.05, 4.69) is 20.8 Å². The molecule has 0 radical (unpaired) electrons. The number of ether oxygens (including phenoxy) is 2. The zero-order valence-corrected chi connectivity index (χ0v) is 14.4. The quantitative estimate of drug-likeness (QED) is 0.684. The third kappa shape index (κ3) is 5.28. The number of carbonyl (C=O) groups is 1. The Morgan fingerprint density at radius 1 is 1.29 bits per heavy atom. The van der Waals surface area contributed by atoms with Gasteiger partial charge in [0.25, 0.3) is 0 Å². The molecule has 2 saturated carbocycles. The van der Waals surface area contributed by atoms with E-state index in [0.29, 0.717) is 17.9 Å². The second kappa shape index (κ2) is 6.28. The fourth-order valence-electron chi connectivity index (χ4n) is 3.47. The van der Waals surface area contributed by atoms with Crippen LogP contribution < -0.4 is 0 Å². The molecule has 2 fully saturated rings. The summed E-state index contributed by atoms with van der Waals surface area (Å²) < 4.78 is 11.6. The largest absolute Gasteiger partial charge is 0.462 e. The lowest BCUT2D eigenvalue weighted by Gasteiger charge is -2.40. The van der Waals surface area contributed by atoms with Gasteiger partial charge in [-0.2, -0.15) is 0 Å². The van der Waals surface area contributed by atoms with E-state index in [1.807, 2.05) is 13.8 Å². The molecular formula is C18H32O3. The van der Waals surface area contributed by atoms with Crippen molar-refractivity contribution in [1.29, 1.82) is 0 Å². The summed E-state index contributed by atoms with van der Waals surface area (Å²) in [4.78, 5) is 11.6. The van der Waals surface area contributed by atoms with E-state index in [1.165, 1.54) is 25.7 Å². The molecule has 21 heavy (non-hydrogen) atoms. The van der Waals surface area contributed by atoms with Gasteiger partial charge in [0, 0.05) is 0 Å². The fraction of sp³-hybridized carbons (Fsp3) is 0.944. The lowest BCUT2D eigenvalue weighted by atomic mass is 9.71. The summed E-state index contributed by atoms with van der Waals surface area (Å²) in [7, 11) is 0. The molecule has 0 aliphatic heterocycles. The van der Waals surface area contributed by atoms with Crippen LogP contribution in [0.3, 0.4) is 0 Å². The molecule has 0 aromatic heterocycles. The lowest BCUT2D eigenvalue weighted by molar-refractivity contribution is -0.163. The first-order chi connectivity index (χ1) is 9.69. The van der Waals surface area contributed by atoms with Gasteiger partial charge in [-0.25, -0.2) is 0 Å². The summed E-state index contributed by atoms with van der Waals surface area (Å²) in [5, 5.41) is 0. The molecule has 0 aromatic rings. The summed E-state index contributed by atoms with van der Waals surface area (Å²) in [5.41, 5.74) is 0.0364. The summed E-state index contributed by atoms with van der Waals surface area (Å²) in [6.07, 6.45) is 7.30. The second-order valence-electron chi connectivity index (χ2n) is 8.49. The van der Waals surface area contributed by atoms with Crippen molar-refractivity contribution in [1.82, 2.24) is 0 Å². The van der Waals surface area contributed by atoms with Gasteiger partial charge in [0.1, 0.15) is 6.61 Å². The average Bonchev–Trinajstić information content (AvgIpc) is 3.18. The summed E-state index contributed by atoms with van der Waals surface area (Å²) in [6.45, 7) is 11.3.